The summed E-state index contributed by atoms with van der Waals surface area (Å²) in [5, 5.41) is 22.0. The number of carbonyl (C=O) groups is 2. The Balaban J connectivity index is -0.00000105. The molecule has 0 saturated carbocycles. The van der Waals surface area contributed by atoms with Crippen LogP contribution in [0.1, 0.15) is 233 Å². The van der Waals surface area contributed by atoms with Gasteiger partial charge in [-0.1, -0.05) is 179 Å². The van der Waals surface area contributed by atoms with Gasteiger partial charge in [0.1, 0.15) is 0 Å². The topological polar surface area (TPSA) is 86.7 Å². The summed E-state index contributed by atoms with van der Waals surface area (Å²) in [6.45, 7) is 12.5. The van der Waals surface area contributed by atoms with Crippen LogP contribution >= 0.6 is 0 Å². The molecular formula is C52H96CaN2O4. The van der Waals surface area contributed by atoms with E-state index in [-0.39, 0.29) is 50.8 Å². The maximum absolute atomic E-state index is 11.0. The van der Waals surface area contributed by atoms with Gasteiger partial charge in [0.25, 0.3) is 0 Å². The third-order valence-corrected chi connectivity index (χ3v) is 10.7. The zero-order valence-electron chi connectivity index (χ0n) is 39.7. The van der Waals surface area contributed by atoms with Gasteiger partial charge in [-0.2, -0.15) is 0 Å². The Hall–Kier alpha value is -0.920. The smallest absolute Gasteiger partial charge is 0.549 e. The fourth-order valence-electron chi connectivity index (χ4n) is 7.26. The van der Waals surface area contributed by atoms with Crippen molar-refractivity contribution in [3.8, 4) is 0 Å². The molecule has 0 aromatic heterocycles. The summed E-state index contributed by atoms with van der Waals surface area (Å²) in [5.74, 6) is -1.88. The van der Waals surface area contributed by atoms with Crippen molar-refractivity contribution in [1.82, 2.24) is 9.80 Å². The van der Waals surface area contributed by atoms with Gasteiger partial charge < -0.3 is 19.8 Å². The zero-order chi connectivity index (χ0) is 42.8. The molecule has 7 heteroatoms. The van der Waals surface area contributed by atoms with E-state index in [4.69, 9.17) is 0 Å². The number of hydrogen-bond acceptors (Lipinski definition) is 6. The van der Waals surface area contributed by atoms with Crippen molar-refractivity contribution in [2.75, 3.05) is 39.3 Å². The fraction of sp³-hybridized carbons (Fsp3) is 0.808. The molecule has 0 aliphatic rings. The van der Waals surface area contributed by atoms with E-state index in [9.17, 15) is 19.8 Å². The Morgan fingerprint density at radius 2 is 0.508 bits per heavy atom. The average Bonchev–Trinajstić information content (AvgIpc) is 3.20. The van der Waals surface area contributed by atoms with Gasteiger partial charge in [-0.25, -0.2) is 0 Å². The molecule has 0 N–H and O–H groups in total. The van der Waals surface area contributed by atoms with E-state index in [1.165, 1.54) is 154 Å². The Morgan fingerprint density at radius 1 is 0.322 bits per heavy atom. The Morgan fingerprint density at radius 3 is 0.695 bits per heavy atom. The number of hydrogen-bond donors (Lipinski definition) is 0. The third-order valence-electron chi connectivity index (χ3n) is 10.7. The summed E-state index contributed by atoms with van der Waals surface area (Å²) in [6.07, 6.45) is 57.5. The Kier molecular flexibility index (Phi) is 58.2. The van der Waals surface area contributed by atoms with Gasteiger partial charge in [0, 0.05) is 13.1 Å². The summed E-state index contributed by atoms with van der Waals surface area (Å²) >= 11 is 0. The summed E-state index contributed by atoms with van der Waals surface area (Å²) in [5.41, 5.74) is 0. The second-order valence-corrected chi connectivity index (χ2v) is 16.5. The van der Waals surface area contributed by atoms with Crippen LogP contribution in [-0.2, 0) is 9.59 Å². The molecule has 0 heterocycles. The molecule has 0 amide bonds. The van der Waals surface area contributed by atoms with E-state index in [1.807, 2.05) is 0 Å². The summed E-state index contributed by atoms with van der Waals surface area (Å²) in [6, 6.07) is 0. The molecule has 0 rings (SSSR count). The Bertz CT molecular complexity index is 830. The first kappa shape index (κ1) is 62.4. The minimum absolute atomic E-state index is 0. The predicted molar refractivity (Wildman–Crippen MR) is 256 cm³/mol. The molecule has 0 atom stereocenters. The number of carboxylic acid groups (broad SMARTS) is 2. The van der Waals surface area contributed by atoms with Crippen LogP contribution in [0.3, 0.4) is 0 Å². The van der Waals surface area contributed by atoms with Gasteiger partial charge in [0.2, 0.25) is 0 Å². The van der Waals surface area contributed by atoms with Gasteiger partial charge in [-0.05, 0) is 129 Å². The molecular weight excluding hydrogens is 757 g/mol. The van der Waals surface area contributed by atoms with Crippen LogP contribution in [0, 0.1) is 0 Å². The molecule has 0 unspecified atom stereocenters. The molecule has 59 heavy (non-hydrogen) atoms. The fourth-order valence-corrected chi connectivity index (χ4v) is 7.26. The average molecular weight is 853 g/mol. The standard InChI is InChI=1S/2C26H49NO2.Ca/c2*1-3-5-7-9-11-13-15-17-19-21-23-27(25-26(28)29)24-22-20-18-16-14-12-10-8-6-4-2;/h2*5-8H,3-4,9-25H2,1-2H3,(H,28,29);/q;;+2/p-2/b2*7-5+,8-6+;. The molecule has 0 spiro atoms. The van der Waals surface area contributed by atoms with Crippen molar-refractivity contribution < 1.29 is 19.8 Å². The minimum Gasteiger partial charge on any atom is -0.549 e. The van der Waals surface area contributed by atoms with Crippen LogP contribution in [0.4, 0.5) is 0 Å². The molecule has 0 aliphatic carbocycles. The molecule has 0 fully saturated rings. The number of unbranched alkanes of at least 4 members (excludes halogenated alkanes) is 24. The summed E-state index contributed by atoms with van der Waals surface area (Å²) < 4.78 is 0. The zero-order valence-corrected chi connectivity index (χ0v) is 41.9. The van der Waals surface area contributed by atoms with Gasteiger partial charge >= 0.3 is 37.7 Å². The normalized spacial score (nSPS) is 11.8. The molecule has 0 aromatic carbocycles. The number of nitrogens with zero attached hydrogens (tertiary/aromatic N) is 2. The van der Waals surface area contributed by atoms with Crippen molar-refractivity contribution in [1.29, 1.82) is 0 Å². The second-order valence-electron chi connectivity index (χ2n) is 16.5. The first-order valence-corrected chi connectivity index (χ1v) is 24.8. The molecule has 0 radical (unpaired) electrons. The van der Waals surface area contributed by atoms with E-state index in [2.05, 4.69) is 86.1 Å². The second kappa shape index (κ2) is 55.1. The van der Waals surface area contributed by atoms with Crippen LogP contribution in [0.5, 0.6) is 0 Å². The van der Waals surface area contributed by atoms with E-state index in [1.54, 1.807) is 0 Å². The first-order chi connectivity index (χ1) is 28.4. The van der Waals surface area contributed by atoms with Gasteiger partial charge in [0.05, 0.1) is 11.9 Å². The van der Waals surface area contributed by atoms with Crippen LogP contribution < -0.4 is 10.2 Å². The number of rotatable bonds is 44. The van der Waals surface area contributed by atoms with Gasteiger partial charge in [-0.3, -0.25) is 9.80 Å². The molecule has 0 aliphatic heterocycles. The molecule has 0 saturated heterocycles. The molecule has 0 aromatic rings. The summed E-state index contributed by atoms with van der Waals surface area (Å²) in [7, 11) is 0. The quantitative estimate of drug-likeness (QED) is 0.0345. The maximum atomic E-state index is 11.0. The van der Waals surface area contributed by atoms with Crippen LogP contribution in [0.15, 0.2) is 48.6 Å². The minimum atomic E-state index is -0.940. The van der Waals surface area contributed by atoms with Crippen LogP contribution in [0.2, 0.25) is 0 Å². The number of allylic oxidation sites excluding steroid dienone is 8. The molecule has 6 nitrogen and oxygen atoms in total. The largest absolute Gasteiger partial charge is 2.00 e. The number of carbonyl (C=O) groups excluding carboxylic acids is 2. The first-order valence-electron chi connectivity index (χ1n) is 24.8. The molecule has 340 valence electrons. The third kappa shape index (κ3) is 57.1. The SMILES string of the molecule is CC/C=C/CCCCCCCCN(CCCCCCCC/C=C/CC)CC(=O)[O-].CC/C=C/CCCCCCCCN(CCCCCCCC/C=C/CC)CC(=O)[O-].[Ca+2]. The summed E-state index contributed by atoms with van der Waals surface area (Å²) in [4.78, 5) is 26.2. The van der Waals surface area contributed by atoms with Crippen molar-refractivity contribution in [2.45, 2.75) is 233 Å². The molecule has 0 bridgehead atoms. The van der Waals surface area contributed by atoms with Crippen molar-refractivity contribution >= 4 is 49.7 Å². The van der Waals surface area contributed by atoms with E-state index in [0.717, 1.165) is 77.5 Å². The predicted octanol–water partition coefficient (Wildman–Crippen LogP) is 12.5. The van der Waals surface area contributed by atoms with Gasteiger partial charge in [0.15, 0.2) is 0 Å². The monoisotopic (exact) mass is 853 g/mol. The van der Waals surface area contributed by atoms with E-state index >= 15 is 0 Å². The van der Waals surface area contributed by atoms with Crippen molar-refractivity contribution in [2.24, 2.45) is 0 Å². The van der Waals surface area contributed by atoms with Crippen LogP contribution in [0.25, 0.3) is 0 Å². The Labute approximate surface area is 397 Å². The number of aliphatic carboxylic acids is 2. The van der Waals surface area contributed by atoms with E-state index in [0.29, 0.717) is 0 Å². The van der Waals surface area contributed by atoms with Gasteiger partial charge in [-0.15, -0.1) is 0 Å². The maximum Gasteiger partial charge on any atom is 2.00 e. The van der Waals surface area contributed by atoms with E-state index < -0.39 is 11.9 Å². The van der Waals surface area contributed by atoms with Crippen LogP contribution in [-0.4, -0.2) is 98.7 Å². The van der Waals surface area contributed by atoms with Crippen molar-refractivity contribution in [3.63, 3.8) is 0 Å². The van der Waals surface area contributed by atoms with Crippen molar-refractivity contribution in [3.05, 3.63) is 48.6 Å². The number of carboxylic acids is 2.